The van der Waals surface area contributed by atoms with Crippen molar-refractivity contribution in [2.24, 2.45) is 0 Å². The van der Waals surface area contributed by atoms with Gasteiger partial charge in [-0.1, -0.05) is 60.1 Å². The molecule has 2 aliphatic heterocycles. The van der Waals surface area contributed by atoms with E-state index in [1.807, 2.05) is 0 Å². The van der Waals surface area contributed by atoms with Crippen LogP contribution in [0.15, 0.2) is 58.3 Å². The molecule has 0 N–H and O–H groups in total. The number of ether oxygens (including phenoxy) is 2. The molecule has 0 atom stereocenters. The molecule has 0 radical (unpaired) electrons. The Labute approximate surface area is 192 Å². The molecular weight excluding hydrogens is 460 g/mol. The summed E-state index contributed by atoms with van der Waals surface area (Å²) < 4.78 is 11.1. The first-order chi connectivity index (χ1) is 14.4. The first-order valence-corrected chi connectivity index (χ1v) is 11.0. The lowest BCUT2D eigenvalue weighted by Gasteiger charge is -2.15. The summed E-state index contributed by atoms with van der Waals surface area (Å²) in [6.45, 7) is 0. The number of anilines is 2. The van der Waals surface area contributed by atoms with Crippen molar-refractivity contribution in [2.75, 3.05) is 24.0 Å². The molecular formula is C20H14N2O4S4. The second kappa shape index (κ2) is 8.38. The van der Waals surface area contributed by atoms with Crippen molar-refractivity contribution >= 4 is 79.8 Å². The lowest BCUT2D eigenvalue weighted by Crippen LogP contribution is -2.29. The van der Waals surface area contributed by atoms with Gasteiger partial charge in [0.15, 0.2) is 8.64 Å². The van der Waals surface area contributed by atoms with E-state index >= 15 is 0 Å². The van der Waals surface area contributed by atoms with Gasteiger partial charge in [0, 0.05) is 12.1 Å². The zero-order valence-electron chi connectivity index (χ0n) is 15.8. The van der Waals surface area contributed by atoms with E-state index in [1.54, 1.807) is 62.8 Å². The average Bonchev–Trinajstić information content (AvgIpc) is 3.22. The zero-order chi connectivity index (χ0) is 21.4. The monoisotopic (exact) mass is 474 g/mol. The maximum Gasteiger partial charge on any atom is 0.272 e. The van der Waals surface area contributed by atoms with Gasteiger partial charge >= 0.3 is 0 Å². The molecule has 0 saturated carbocycles. The smallest absolute Gasteiger partial charge is 0.272 e. The molecule has 0 aliphatic carbocycles. The van der Waals surface area contributed by atoms with Crippen molar-refractivity contribution in [1.29, 1.82) is 0 Å². The van der Waals surface area contributed by atoms with E-state index in [9.17, 15) is 9.59 Å². The molecule has 10 heteroatoms. The molecule has 0 bridgehead atoms. The molecule has 4 rings (SSSR count). The zero-order valence-corrected chi connectivity index (χ0v) is 19.0. The molecule has 6 nitrogen and oxygen atoms in total. The summed E-state index contributed by atoms with van der Waals surface area (Å²) in [7, 11) is 3.10. The fourth-order valence-electron chi connectivity index (χ4n) is 2.95. The summed E-state index contributed by atoms with van der Waals surface area (Å²) in [5.41, 5.74) is 1.16. The van der Waals surface area contributed by atoms with Crippen molar-refractivity contribution in [3.63, 3.8) is 0 Å². The van der Waals surface area contributed by atoms with Crippen LogP contribution in [0.3, 0.4) is 0 Å². The van der Waals surface area contributed by atoms with E-state index in [4.69, 9.17) is 33.9 Å². The normalized spacial score (nSPS) is 19.1. The molecule has 2 aromatic carbocycles. The number of benzene rings is 2. The van der Waals surface area contributed by atoms with Gasteiger partial charge in [-0.25, -0.2) is 0 Å². The number of nitrogens with zero attached hydrogens (tertiary/aromatic N) is 2. The second-order valence-corrected chi connectivity index (χ2v) is 9.37. The Morgan fingerprint density at radius 3 is 1.50 bits per heavy atom. The van der Waals surface area contributed by atoms with Crippen molar-refractivity contribution < 1.29 is 19.1 Å². The fourth-order valence-corrected chi connectivity index (χ4v) is 5.71. The maximum atomic E-state index is 13.2. The number of carbonyl (C=O) groups excluding carboxylic acids is 2. The highest BCUT2D eigenvalue weighted by Gasteiger charge is 2.43. The number of amides is 2. The van der Waals surface area contributed by atoms with Crippen LogP contribution in [-0.2, 0) is 9.59 Å². The molecule has 2 saturated heterocycles. The van der Waals surface area contributed by atoms with Gasteiger partial charge in [0.25, 0.3) is 11.8 Å². The van der Waals surface area contributed by atoms with Crippen LogP contribution < -0.4 is 19.3 Å². The van der Waals surface area contributed by atoms with Crippen LogP contribution in [0, 0.1) is 0 Å². The Morgan fingerprint density at radius 1 is 0.733 bits per heavy atom. The van der Waals surface area contributed by atoms with Crippen LogP contribution in [0.1, 0.15) is 0 Å². The van der Waals surface area contributed by atoms with Gasteiger partial charge in [0.1, 0.15) is 11.5 Å². The Hall–Kier alpha value is -2.40. The SMILES string of the molecule is COc1cccc(N2C(=O)/C(=C3\SC(=S)N(c4cccc(OC)c4)C3=O)SC2=S)c1. The molecule has 2 fully saturated rings. The summed E-state index contributed by atoms with van der Waals surface area (Å²) in [4.78, 5) is 29.7. The topological polar surface area (TPSA) is 59.1 Å². The molecule has 152 valence electrons. The lowest BCUT2D eigenvalue weighted by atomic mass is 10.2. The highest BCUT2D eigenvalue weighted by Crippen LogP contribution is 2.45. The molecule has 2 aromatic rings. The van der Waals surface area contributed by atoms with E-state index in [2.05, 4.69) is 0 Å². The van der Waals surface area contributed by atoms with Crippen LogP contribution in [0.5, 0.6) is 11.5 Å². The van der Waals surface area contributed by atoms with Crippen LogP contribution >= 0.6 is 48.0 Å². The molecule has 2 heterocycles. The largest absolute Gasteiger partial charge is 0.497 e. The maximum absolute atomic E-state index is 13.2. The minimum Gasteiger partial charge on any atom is -0.497 e. The van der Waals surface area contributed by atoms with E-state index in [0.717, 1.165) is 23.5 Å². The van der Waals surface area contributed by atoms with E-state index in [0.29, 0.717) is 31.5 Å². The van der Waals surface area contributed by atoms with Gasteiger partial charge in [-0.05, 0) is 24.3 Å². The molecule has 0 aromatic heterocycles. The Balaban J connectivity index is 1.69. The number of thioether (sulfide) groups is 2. The van der Waals surface area contributed by atoms with Crippen molar-refractivity contribution in [2.45, 2.75) is 0 Å². The van der Waals surface area contributed by atoms with Crippen LogP contribution in [-0.4, -0.2) is 34.7 Å². The van der Waals surface area contributed by atoms with Crippen molar-refractivity contribution in [3.8, 4) is 11.5 Å². The molecule has 0 unspecified atom stereocenters. The summed E-state index contributed by atoms with van der Waals surface area (Å²) in [5, 5.41) is 0. The van der Waals surface area contributed by atoms with Gasteiger partial charge in [0.2, 0.25) is 0 Å². The molecule has 30 heavy (non-hydrogen) atoms. The minimum absolute atomic E-state index is 0.269. The summed E-state index contributed by atoms with van der Waals surface area (Å²) in [6.07, 6.45) is 0. The molecule has 0 spiro atoms. The number of thiocarbonyl (C=S) groups is 2. The van der Waals surface area contributed by atoms with Gasteiger partial charge < -0.3 is 9.47 Å². The summed E-state index contributed by atoms with van der Waals surface area (Å²) in [6, 6.07) is 14.1. The van der Waals surface area contributed by atoms with Gasteiger partial charge in [-0.15, -0.1) is 0 Å². The molecule has 2 amide bonds. The van der Waals surface area contributed by atoms with Crippen LogP contribution in [0.25, 0.3) is 0 Å². The predicted molar refractivity (Wildman–Crippen MR) is 128 cm³/mol. The number of hydrogen-bond donors (Lipinski definition) is 0. The number of methoxy groups -OCH3 is 2. The van der Waals surface area contributed by atoms with Gasteiger partial charge in [0.05, 0.1) is 35.4 Å². The first kappa shape index (κ1) is 20.9. The average molecular weight is 475 g/mol. The summed E-state index contributed by atoms with van der Waals surface area (Å²) in [5.74, 6) is 0.491. The second-order valence-electron chi connectivity index (χ2n) is 6.08. The fraction of sp³-hybridized carbons (Fsp3) is 0.100. The van der Waals surface area contributed by atoms with Gasteiger partial charge in [-0.2, -0.15) is 0 Å². The van der Waals surface area contributed by atoms with Crippen LogP contribution in [0.2, 0.25) is 0 Å². The van der Waals surface area contributed by atoms with Crippen LogP contribution in [0.4, 0.5) is 11.4 Å². The Bertz CT molecular complexity index is 1040. The van der Waals surface area contributed by atoms with E-state index in [-0.39, 0.29) is 21.6 Å². The third-order valence-corrected chi connectivity index (χ3v) is 7.24. The highest BCUT2D eigenvalue weighted by molar-refractivity contribution is 8.30. The third-order valence-electron chi connectivity index (χ3n) is 4.37. The van der Waals surface area contributed by atoms with E-state index < -0.39 is 0 Å². The van der Waals surface area contributed by atoms with E-state index in [1.165, 1.54) is 9.80 Å². The third kappa shape index (κ3) is 3.60. The Morgan fingerprint density at radius 2 is 1.13 bits per heavy atom. The first-order valence-electron chi connectivity index (χ1n) is 8.59. The highest BCUT2D eigenvalue weighted by atomic mass is 32.2. The van der Waals surface area contributed by atoms with Gasteiger partial charge in [-0.3, -0.25) is 19.4 Å². The lowest BCUT2D eigenvalue weighted by molar-refractivity contribution is -0.115. The quantitative estimate of drug-likeness (QED) is 0.479. The number of hydrogen-bond acceptors (Lipinski definition) is 8. The minimum atomic E-state index is -0.357. The number of carbonyl (C=O) groups is 2. The standard InChI is InChI=1S/C20H14N2O4S4/c1-25-13-7-3-5-11(9-13)21-17(23)15(29-19(21)27)16-18(24)22(20(28)30-16)12-6-4-8-14(10-12)26-2/h3-10H,1-2H3/b16-15+. The Kier molecular flexibility index (Phi) is 5.83. The predicted octanol–water partition coefficient (Wildman–Crippen LogP) is 4.35. The van der Waals surface area contributed by atoms with Crippen molar-refractivity contribution in [3.05, 3.63) is 58.3 Å². The molecule has 2 aliphatic rings. The van der Waals surface area contributed by atoms with Crippen molar-refractivity contribution in [1.82, 2.24) is 0 Å². The number of rotatable bonds is 4. The summed E-state index contributed by atoms with van der Waals surface area (Å²) >= 11 is 13.0.